The molecule has 0 unspecified atom stereocenters. The van der Waals surface area contributed by atoms with Gasteiger partial charge in [-0.25, -0.2) is 0 Å². The molecule has 138 valence electrons. The normalized spacial score (nSPS) is 10.6. The second kappa shape index (κ2) is 7.73. The van der Waals surface area contributed by atoms with Crippen molar-refractivity contribution in [3.8, 4) is 35.1 Å². The summed E-state index contributed by atoms with van der Waals surface area (Å²) in [5.74, 6) is 0.925. The van der Waals surface area contributed by atoms with Gasteiger partial charge in [0.25, 0.3) is 0 Å². The highest BCUT2D eigenvalue weighted by Crippen LogP contribution is 2.34. The zero-order chi connectivity index (χ0) is 20.1. The third kappa shape index (κ3) is 4.60. The molecule has 3 aromatic carbocycles. The van der Waals surface area contributed by atoms with Crippen LogP contribution in [0.2, 0.25) is 0 Å². The molecule has 0 amide bonds. The van der Waals surface area contributed by atoms with E-state index < -0.39 is 11.7 Å². The molecule has 0 radical (unpaired) electrons. The number of benzene rings is 3. The molecule has 0 aliphatic rings. The number of alkyl halides is 3. The van der Waals surface area contributed by atoms with Crippen molar-refractivity contribution in [2.45, 2.75) is 6.18 Å². The van der Waals surface area contributed by atoms with E-state index in [2.05, 4.69) is 0 Å². The number of halogens is 3. The van der Waals surface area contributed by atoms with Gasteiger partial charge in [0.2, 0.25) is 0 Å². The molecule has 4 nitrogen and oxygen atoms in total. The minimum Gasteiger partial charge on any atom is -0.457 e. The fourth-order valence-electron chi connectivity index (χ4n) is 2.40. The number of ether oxygens (including phenoxy) is 2. The summed E-state index contributed by atoms with van der Waals surface area (Å²) in [7, 11) is 0. The van der Waals surface area contributed by atoms with Crippen LogP contribution in [-0.4, -0.2) is 0 Å². The molecule has 0 N–H and O–H groups in total. The van der Waals surface area contributed by atoms with E-state index >= 15 is 0 Å². The minimum atomic E-state index is -4.46. The SMILES string of the molecule is N#Cc1cc(C#N)cc(Oc2cccc(Oc3cccc(C(F)(F)F)c3)c2)c1. The predicted octanol–water partition coefficient (Wildman–Crippen LogP) is 6.03. The van der Waals surface area contributed by atoms with Crippen LogP contribution >= 0.6 is 0 Å². The average Bonchev–Trinajstić information content (AvgIpc) is 2.67. The van der Waals surface area contributed by atoms with E-state index in [9.17, 15) is 13.2 Å². The quantitative estimate of drug-likeness (QED) is 0.554. The Bertz CT molecular complexity index is 1060. The molecule has 0 fully saturated rings. The van der Waals surface area contributed by atoms with E-state index in [0.29, 0.717) is 5.75 Å². The van der Waals surface area contributed by atoms with Crippen molar-refractivity contribution in [2.24, 2.45) is 0 Å². The van der Waals surface area contributed by atoms with Crippen molar-refractivity contribution in [1.82, 2.24) is 0 Å². The standard InChI is InChI=1S/C21H11F3N2O2/c22-21(23,24)16-3-1-4-17(10-16)27-18-5-2-6-19(11-18)28-20-8-14(12-25)7-15(9-20)13-26/h1-11H. The molecule has 0 saturated heterocycles. The summed E-state index contributed by atoms with van der Waals surface area (Å²) in [6.07, 6.45) is -4.46. The van der Waals surface area contributed by atoms with E-state index in [0.717, 1.165) is 12.1 Å². The van der Waals surface area contributed by atoms with Gasteiger partial charge in [-0.2, -0.15) is 23.7 Å². The van der Waals surface area contributed by atoms with E-state index in [1.807, 2.05) is 12.1 Å². The summed E-state index contributed by atoms with van der Waals surface area (Å²) >= 11 is 0. The van der Waals surface area contributed by atoms with Crippen molar-refractivity contribution < 1.29 is 22.6 Å². The molecule has 7 heteroatoms. The molecular weight excluding hydrogens is 369 g/mol. The Morgan fingerprint density at radius 3 is 1.68 bits per heavy atom. The Labute approximate surface area is 158 Å². The zero-order valence-electron chi connectivity index (χ0n) is 14.2. The summed E-state index contributed by atoms with van der Waals surface area (Å²) in [5, 5.41) is 18.0. The van der Waals surface area contributed by atoms with Gasteiger partial charge in [0, 0.05) is 6.07 Å². The van der Waals surface area contributed by atoms with Crippen LogP contribution < -0.4 is 9.47 Å². The van der Waals surface area contributed by atoms with Crippen LogP contribution in [0.1, 0.15) is 16.7 Å². The molecule has 3 aromatic rings. The number of hydrogen-bond donors (Lipinski definition) is 0. The van der Waals surface area contributed by atoms with Crippen molar-refractivity contribution >= 4 is 0 Å². The van der Waals surface area contributed by atoms with Crippen molar-refractivity contribution in [1.29, 1.82) is 10.5 Å². The highest BCUT2D eigenvalue weighted by atomic mass is 19.4. The van der Waals surface area contributed by atoms with E-state index in [4.69, 9.17) is 20.0 Å². The Hall–Kier alpha value is -3.97. The largest absolute Gasteiger partial charge is 0.457 e. The molecule has 0 heterocycles. The van der Waals surface area contributed by atoms with Crippen LogP contribution in [0.25, 0.3) is 0 Å². The van der Waals surface area contributed by atoms with Gasteiger partial charge >= 0.3 is 6.18 Å². The maximum absolute atomic E-state index is 12.8. The van der Waals surface area contributed by atoms with Gasteiger partial charge in [-0.1, -0.05) is 12.1 Å². The second-order valence-electron chi connectivity index (χ2n) is 5.67. The van der Waals surface area contributed by atoms with E-state index in [-0.39, 0.29) is 28.4 Å². The predicted molar refractivity (Wildman–Crippen MR) is 93.9 cm³/mol. The monoisotopic (exact) mass is 380 g/mol. The third-order valence-corrected chi connectivity index (χ3v) is 3.60. The van der Waals surface area contributed by atoms with Crippen molar-refractivity contribution in [3.05, 3.63) is 83.4 Å². The van der Waals surface area contributed by atoms with Crippen LogP contribution in [-0.2, 0) is 6.18 Å². The van der Waals surface area contributed by atoms with Gasteiger partial charge in [0.1, 0.15) is 23.0 Å². The third-order valence-electron chi connectivity index (χ3n) is 3.60. The van der Waals surface area contributed by atoms with Crippen LogP contribution in [0.4, 0.5) is 13.2 Å². The Morgan fingerprint density at radius 1 is 0.643 bits per heavy atom. The highest BCUT2D eigenvalue weighted by Gasteiger charge is 2.30. The van der Waals surface area contributed by atoms with Crippen LogP contribution in [0.5, 0.6) is 23.0 Å². The van der Waals surface area contributed by atoms with Crippen LogP contribution in [0.15, 0.2) is 66.7 Å². The molecule has 0 bridgehead atoms. The van der Waals surface area contributed by atoms with Crippen LogP contribution in [0.3, 0.4) is 0 Å². The van der Waals surface area contributed by atoms with E-state index in [1.165, 1.54) is 36.4 Å². The zero-order valence-corrected chi connectivity index (χ0v) is 14.2. The molecule has 0 aliphatic carbocycles. The average molecular weight is 380 g/mol. The maximum Gasteiger partial charge on any atom is 0.416 e. The molecule has 0 spiro atoms. The summed E-state index contributed by atoms with van der Waals surface area (Å²) in [5.41, 5.74) is -0.273. The van der Waals surface area contributed by atoms with Crippen molar-refractivity contribution in [2.75, 3.05) is 0 Å². The summed E-state index contributed by atoms with van der Waals surface area (Å²) in [6.45, 7) is 0. The summed E-state index contributed by atoms with van der Waals surface area (Å²) < 4.78 is 49.6. The number of nitriles is 2. The maximum atomic E-state index is 12.8. The molecular formula is C21H11F3N2O2. The number of hydrogen-bond acceptors (Lipinski definition) is 4. The molecule has 0 aliphatic heterocycles. The lowest BCUT2D eigenvalue weighted by Gasteiger charge is -2.11. The second-order valence-corrected chi connectivity index (χ2v) is 5.67. The number of nitrogens with zero attached hydrogens (tertiary/aromatic N) is 2. The van der Waals surface area contributed by atoms with Gasteiger partial charge in [-0.3, -0.25) is 0 Å². The first-order valence-electron chi connectivity index (χ1n) is 7.96. The highest BCUT2D eigenvalue weighted by molar-refractivity contribution is 5.47. The first-order chi connectivity index (χ1) is 13.4. The molecule has 0 saturated carbocycles. The fraction of sp³-hybridized carbons (Fsp3) is 0.0476. The lowest BCUT2D eigenvalue weighted by Crippen LogP contribution is -2.04. The number of rotatable bonds is 4. The van der Waals surface area contributed by atoms with Gasteiger partial charge in [-0.15, -0.1) is 0 Å². The molecule has 0 atom stereocenters. The fourth-order valence-corrected chi connectivity index (χ4v) is 2.40. The smallest absolute Gasteiger partial charge is 0.416 e. The van der Waals surface area contributed by atoms with Crippen molar-refractivity contribution in [3.63, 3.8) is 0 Å². The lowest BCUT2D eigenvalue weighted by atomic mass is 10.1. The molecule has 28 heavy (non-hydrogen) atoms. The van der Waals surface area contributed by atoms with Gasteiger partial charge in [0.05, 0.1) is 28.8 Å². The summed E-state index contributed by atoms with van der Waals surface area (Å²) in [6, 6.07) is 19.1. The topological polar surface area (TPSA) is 66.0 Å². The first-order valence-corrected chi connectivity index (χ1v) is 7.96. The lowest BCUT2D eigenvalue weighted by molar-refractivity contribution is -0.137. The summed E-state index contributed by atoms with van der Waals surface area (Å²) in [4.78, 5) is 0. The van der Waals surface area contributed by atoms with Crippen LogP contribution in [0, 0.1) is 22.7 Å². The Kier molecular flexibility index (Phi) is 5.19. The van der Waals surface area contributed by atoms with E-state index in [1.54, 1.807) is 18.2 Å². The minimum absolute atomic E-state index is 0.0326. The Morgan fingerprint density at radius 2 is 1.14 bits per heavy atom. The van der Waals surface area contributed by atoms with Gasteiger partial charge in [0.15, 0.2) is 0 Å². The van der Waals surface area contributed by atoms with Gasteiger partial charge in [-0.05, 0) is 48.5 Å². The molecule has 3 rings (SSSR count). The Balaban J connectivity index is 1.82. The first kappa shape index (κ1) is 18.8. The van der Waals surface area contributed by atoms with Gasteiger partial charge < -0.3 is 9.47 Å². The molecule has 0 aromatic heterocycles.